The monoisotopic (exact) mass is 431 g/mol. The van der Waals surface area contributed by atoms with E-state index in [1.54, 1.807) is 4.90 Å². The Hall–Kier alpha value is -2.65. The largest absolute Gasteiger partial charge is 0.438 e. The van der Waals surface area contributed by atoms with Crippen molar-refractivity contribution < 1.29 is 22.4 Å². The number of hydrogen-bond donors (Lipinski definition) is 1. The molecule has 9 heteroatoms. The van der Waals surface area contributed by atoms with Crippen molar-refractivity contribution in [1.29, 1.82) is 0 Å². The van der Waals surface area contributed by atoms with Crippen molar-refractivity contribution in [2.24, 2.45) is 0 Å². The molecule has 0 atom stereocenters. The predicted octanol–water partition coefficient (Wildman–Crippen LogP) is 2.51. The Balaban J connectivity index is 1.36. The van der Waals surface area contributed by atoms with Gasteiger partial charge in [0.2, 0.25) is 11.0 Å². The quantitative estimate of drug-likeness (QED) is 0.758. The maximum absolute atomic E-state index is 12.6. The highest BCUT2D eigenvalue weighted by Crippen LogP contribution is 2.23. The van der Waals surface area contributed by atoms with Crippen LogP contribution in [0, 0.1) is 0 Å². The molecule has 0 aliphatic carbocycles. The van der Waals surface area contributed by atoms with Gasteiger partial charge >= 0.3 is 0 Å². The Morgan fingerprint density at radius 3 is 2.37 bits per heavy atom. The van der Waals surface area contributed by atoms with Crippen LogP contribution >= 0.6 is 0 Å². The second-order valence-corrected chi connectivity index (χ2v) is 9.45. The number of furan rings is 1. The van der Waals surface area contributed by atoms with Gasteiger partial charge in [0.25, 0.3) is 15.9 Å². The number of sulfonamides is 1. The summed E-state index contributed by atoms with van der Waals surface area (Å²) in [6, 6.07) is 10.2. The van der Waals surface area contributed by atoms with E-state index in [0.717, 1.165) is 43.5 Å². The number of anilines is 1. The first-order valence-corrected chi connectivity index (χ1v) is 11.7. The Kier molecular flexibility index (Phi) is 5.92. The van der Waals surface area contributed by atoms with Crippen molar-refractivity contribution in [1.82, 2.24) is 9.62 Å². The number of piperidine rings is 1. The summed E-state index contributed by atoms with van der Waals surface area (Å²) in [6.45, 7) is 1.95. The summed E-state index contributed by atoms with van der Waals surface area (Å²) in [4.78, 5) is 26.0. The topological polar surface area (TPSA) is 99.9 Å². The lowest BCUT2D eigenvalue weighted by molar-refractivity contribution is -0.117. The lowest BCUT2D eigenvalue weighted by atomic mass is 10.2. The molecule has 0 radical (unpaired) electrons. The minimum atomic E-state index is -3.70. The van der Waals surface area contributed by atoms with E-state index < -0.39 is 15.9 Å². The molecule has 4 rings (SSSR count). The van der Waals surface area contributed by atoms with E-state index in [1.165, 1.54) is 16.4 Å². The van der Waals surface area contributed by atoms with Gasteiger partial charge in [-0.2, -0.15) is 4.31 Å². The normalized spacial score (nSPS) is 18.0. The molecule has 0 bridgehead atoms. The van der Waals surface area contributed by atoms with Crippen LogP contribution in [0.5, 0.6) is 0 Å². The number of nitrogens with one attached hydrogen (secondary N) is 1. The van der Waals surface area contributed by atoms with Crippen LogP contribution in [0.4, 0.5) is 5.69 Å². The molecule has 2 amide bonds. The zero-order chi connectivity index (χ0) is 21.1. The van der Waals surface area contributed by atoms with E-state index >= 15 is 0 Å². The van der Waals surface area contributed by atoms with Crippen molar-refractivity contribution in [3.8, 4) is 0 Å². The smallest absolute Gasteiger partial charge is 0.287 e. The van der Waals surface area contributed by atoms with Crippen LogP contribution in [-0.2, 0) is 21.4 Å². The van der Waals surface area contributed by atoms with E-state index in [1.807, 2.05) is 24.3 Å². The van der Waals surface area contributed by atoms with Gasteiger partial charge in [-0.15, -0.1) is 0 Å². The zero-order valence-corrected chi connectivity index (χ0v) is 17.5. The second kappa shape index (κ2) is 8.61. The van der Waals surface area contributed by atoms with Crippen molar-refractivity contribution >= 4 is 27.5 Å². The summed E-state index contributed by atoms with van der Waals surface area (Å²) in [6.07, 6.45) is 4.13. The summed E-state index contributed by atoms with van der Waals surface area (Å²) in [5.41, 5.74) is 1.72. The number of rotatable bonds is 6. The Morgan fingerprint density at radius 2 is 1.70 bits per heavy atom. The molecule has 1 N–H and O–H groups in total. The number of benzene rings is 1. The van der Waals surface area contributed by atoms with Crippen LogP contribution in [-0.4, -0.2) is 44.2 Å². The fourth-order valence-electron chi connectivity index (χ4n) is 3.80. The molecule has 30 heavy (non-hydrogen) atoms. The van der Waals surface area contributed by atoms with E-state index in [0.29, 0.717) is 19.5 Å². The number of carbonyl (C=O) groups excluding carboxylic acids is 2. The lowest BCUT2D eigenvalue weighted by Crippen LogP contribution is -2.35. The van der Waals surface area contributed by atoms with Gasteiger partial charge in [-0.25, -0.2) is 8.42 Å². The minimum Gasteiger partial charge on any atom is -0.438 e. The van der Waals surface area contributed by atoms with Crippen molar-refractivity contribution in [3.05, 3.63) is 47.7 Å². The summed E-state index contributed by atoms with van der Waals surface area (Å²) >= 11 is 0. The van der Waals surface area contributed by atoms with Crippen LogP contribution in [0.3, 0.4) is 0 Å². The summed E-state index contributed by atoms with van der Waals surface area (Å²) in [5.74, 6) is -0.386. The average molecular weight is 432 g/mol. The van der Waals surface area contributed by atoms with Crippen LogP contribution in [0.25, 0.3) is 0 Å². The summed E-state index contributed by atoms with van der Waals surface area (Å²) in [7, 11) is -3.70. The average Bonchev–Trinajstić information content (AvgIpc) is 3.43. The van der Waals surface area contributed by atoms with Gasteiger partial charge in [-0.05, 0) is 49.1 Å². The fraction of sp³-hybridized carbons (Fsp3) is 0.429. The molecule has 2 aromatic rings. The van der Waals surface area contributed by atoms with Crippen molar-refractivity contribution in [2.75, 3.05) is 24.5 Å². The summed E-state index contributed by atoms with van der Waals surface area (Å²) < 4.78 is 32.0. The fourth-order valence-corrected chi connectivity index (χ4v) is 5.23. The van der Waals surface area contributed by atoms with Gasteiger partial charge in [0.05, 0.1) is 0 Å². The third-order valence-electron chi connectivity index (χ3n) is 5.49. The molecule has 1 aromatic carbocycles. The van der Waals surface area contributed by atoms with Crippen molar-refractivity contribution in [3.63, 3.8) is 0 Å². The van der Waals surface area contributed by atoms with E-state index in [2.05, 4.69) is 5.32 Å². The van der Waals surface area contributed by atoms with E-state index in [4.69, 9.17) is 4.42 Å². The number of nitrogens with zero attached hydrogens (tertiary/aromatic N) is 2. The maximum atomic E-state index is 12.6. The van der Waals surface area contributed by atoms with Crippen LogP contribution in [0.2, 0.25) is 0 Å². The molecule has 3 heterocycles. The number of amides is 2. The Labute approximate surface area is 175 Å². The Bertz CT molecular complexity index is 1020. The first-order valence-electron chi connectivity index (χ1n) is 10.2. The molecular formula is C21H25N3O5S. The van der Waals surface area contributed by atoms with Gasteiger partial charge in [-0.1, -0.05) is 18.6 Å². The van der Waals surface area contributed by atoms with Gasteiger partial charge in [-0.3, -0.25) is 9.59 Å². The summed E-state index contributed by atoms with van der Waals surface area (Å²) in [5, 5.41) is 2.54. The molecule has 0 spiro atoms. The third kappa shape index (κ3) is 4.27. The lowest BCUT2D eigenvalue weighted by Gasteiger charge is -2.24. The SMILES string of the molecule is O=C(NCc1ccc(N2CCCC2=O)cc1)c1ccc(S(=O)(=O)N2CCCCC2)o1. The Morgan fingerprint density at radius 1 is 0.967 bits per heavy atom. The van der Waals surface area contributed by atoms with Gasteiger partial charge < -0.3 is 14.6 Å². The molecule has 0 saturated carbocycles. The standard InChI is InChI=1S/C21H25N3O5S/c25-19-5-4-14-24(19)17-8-6-16(7-9-17)15-22-21(26)18-10-11-20(29-18)30(27,28)23-12-2-1-3-13-23/h6-11H,1-5,12-15H2,(H,22,26). The zero-order valence-electron chi connectivity index (χ0n) is 16.7. The number of carbonyl (C=O) groups is 2. The van der Waals surface area contributed by atoms with Crippen LogP contribution in [0.15, 0.2) is 45.9 Å². The molecule has 2 aliphatic heterocycles. The molecule has 160 valence electrons. The molecule has 2 aliphatic rings. The highest BCUT2D eigenvalue weighted by atomic mass is 32.2. The first-order chi connectivity index (χ1) is 14.4. The molecule has 1 aromatic heterocycles. The van der Waals surface area contributed by atoms with E-state index in [9.17, 15) is 18.0 Å². The highest BCUT2D eigenvalue weighted by molar-refractivity contribution is 7.89. The molecule has 0 unspecified atom stereocenters. The predicted molar refractivity (Wildman–Crippen MR) is 111 cm³/mol. The van der Waals surface area contributed by atoms with Crippen LogP contribution in [0.1, 0.15) is 48.2 Å². The van der Waals surface area contributed by atoms with Gasteiger partial charge in [0.1, 0.15) is 0 Å². The minimum absolute atomic E-state index is 0.0372. The van der Waals surface area contributed by atoms with Crippen LogP contribution < -0.4 is 10.2 Å². The van der Waals surface area contributed by atoms with Gasteiger partial charge in [0, 0.05) is 38.3 Å². The maximum Gasteiger partial charge on any atom is 0.287 e. The number of hydrogen-bond acceptors (Lipinski definition) is 5. The molecule has 8 nitrogen and oxygen atoms in total. The van der Waals surface area contributed by atoms with E-state index in [-0.39, 0.29) is 23.3 Å². The second-order valence-electron chi connectivity index (χ2n) is 7.58. The van der Waals surface area contributed by atoms with Crippen molar-refractivity contribution in [2.45, 2.75) is 43.7 Å². The first kappa shape index (κ1) is 20.6. The molecule has 2 fully saturated rings. The third-order valence-corrected chi connectivity index (χ3v) is 7.26. The molecule has 2 saturated heterocycles. The van der Waals surface area contributed by atoms with Gasteiger partial charge in [0.15, 0.2) is 5.76 Å². The highest BCUT2D eigenvalue weighted by Gasteiger charge is 2.29. The molecular weight excluding hydrogens is 406 g/mol.